The Labute approximate surface area is 114 Å². The van der Waals surface area contributed by atoms with Crippen LogP contribution in [0.15, 0.2) is 18.2 Å². The molecule has 1 heterocycles. The van der Waals surface area contributed by atoms with Gasteiger partial charge in [0.25, 0.3) is 5.91 Å². The van der Waals surface area contributed by atoms with Crippen molar-refractivity contribution in [3.63, 3.8) is 0 Å². The van der Waals surface area contributed by atoms with Crippen LogP contribution < -0.4 is 14.8 Å². The highest BCUT2D eigenvalue weighted by atomic mass is 32.1. The van der Waals surface area contributed by atoms with Crippen LogP contribution in [0, 0.1) is 6.92 Å². The highest BCUT2D eigenvalue weighted by Crippen LogP contribution is 2.29. The number of anilines is 1. The molecule has 0 radical (unpaired) electrons. The third kappa shape index (κ3) is 2.82. The van der Waals surface area contributed by atoms with Crippen molar-refractivity contribution < 1.29 is 14.3 Å². The number of carbonyl (C=O) groups excluding carboxylic acids is 1. The molecule has 0 aliphatic heterocycles. The fraction of sp³-hybridized carbons (Fsp3) is 0.250. The van der Waals surface area contributed by atoms with Crippen LogP contribution in [0.1, 0.15) is 15.4 Å². The number of amides is 1. The van der Waals surface area contributed by atoms with E-state index >= 15 is 0 Å². The van der Waals surface area contributed by atoms with E-state index in [4.69, 9.17) is 9.47 Å². The highest BCUT2D eigenvalue weighted by Gasteiger charge is 2.15. The molecule has 0 saturated heterocycles. The molecular weight excluding hydrogens is 266 g/mol. The van der Waals surface area contributed by atoms with Crippen LogP contribution in [0.2, 0.25) is 0 Å². The monoisotopic (exact) mass is 279 g/mol. The van der Waals surface area contributed by atoms with Crippen LogP contribution >= 0.6 is 11.5 Å². The zero-order valence-corrected chi connectivity index (χ0v) is 11.6. The molecule has 1 aromatic carbocycles. The third-order valence-corrected chi connectivity index (χ3v) is 3.34. The average molecular weight is 279 g/mol. The predicted octanol–water partition coefficient (Wildman–Crippen LogP) is 2.12. The molecule has 0 bridgehead atoms. The minimum atomic E-state index is -0.254. The molecule has 1 N–H and O–H groups in total. The lowest BCUT2D eigenvalue weighted by Crippen LogP contribution is -2.12. The normalized spacial score (nSPS) is 10.1. The van der Waals surface area contributed by atoms with Crippen LogP contribution in [-0.4, -0.2) is 29.7 Å². The molecule has 0 unspecified atom stereocenters. The quantitative estimate of drug-likeness (QED) is 0.928. The fourth-order valence-electron chi connectivity index (χ4n) is 1.52. The molecule has 0 aliphatic rings. The third-order valence-electron chi connectivity index (χ3n) is 2.51. The van der Waals surface area contributed by atoms with Gasteiger partial charge >= 0.3 is 0 Å². The zero-order chi connectivity index (χ0) is 13.8. The summed E-state index contributed by atoms with van der Waals surface area (Å²) in [6.45, 7) is 1.74. The van der Waals surface area contributed by atoms with Gasteiger partial charge in [-0.25, -0.2) is 0 Å². The van der Waals surface area contributed by atoms with Crippen LogP contribution in [0.4, 0.5) is 5.69 Å². The molecule has 1 amide bonds. The summed E-state index contributed by atoms with van der Waals surface area (Å²) >= 11 is 1.06. The SMILES string of the molecule is COc1ccc(NC(=O)c2snnc2C)c(OC)c1. The van der Waals surface area contributed by atoms with Crippen molar-refractivity contribution in [2.24, 2.45) is 0 Å². The van der Waals surface area contributed by atoms with Crippen molar-refractivity contribution in [3.05, 3.63) is 28.8 Å². The van der Waals surface area contributed by atoms with Crippen molar-refractivity contribution in [1.82, 2.24) is 9.59 Å². The molecule has 100 valence electrons. The summed E-state index contributed by atoms with van der Waals surface area (Å²) in [4.78, 5) is 12.5. The maximum absolute atomic E-state index is 12.1. The first-order valence-corrected chi connectivity index (χ1v) is 6.25. The molecule has 2 aromatic rings. The van der Waals surface area contributed by atoms with Crippen LogP contribution in [0.25, 0.3) is 0 Å². The molecule has 0 atom stereocenters. The van der Waals surface area contributed by atoms with Crippen molar-refractivity contribution in [1.29, 1.82) is 0 Å². The number of aryl methyl sites for hydroxylation is 1. The summed E-state index contributed by atoms with van der Waals surface area (Å²) in [5.41, 5.74) is 1.18. The molecule has 7 heteroatoms. The predicted molar refractivity (Wildman–Crippen MR) is 72.1 cm³/mol. The summed E-state index contributed by atoms with van der Waals surface area (Å²) in [5, 5.41) is 6.57. The second-order valence-electron chi connectivity index (χ2n) is 3.71. The van der Waals surface area contributed by atoms with Gasteiger partial charge in [-0.1, -0.05) is 4.49 Å². The van der Waals surface area contributed by atoms with E-state index < -0.39 is 0 Å². The van der Waals surface area contributed by atoms with Crippen LogP contribution in [-0.2, 0) is 0 Å². The first-order chi connectivity index (χ1) is 9.15. The van der Waals surface area contributed by atoms with E-state index in [1.54, 1.807) is 32.2 Å². The number of nitrogens with zero attached hydrogens (tertiary/aromatic N) is 2. The Morgan fingerprint density at radius 2 is 2.11 bits per heavy atom. The summed E-state index contributed by atoms with van der Waals surface area (Å²) in [6, 6.07) is 5.17. The number of aromatic nitrogens is 2. The first-order valence-electron chi connectivity index (χ1n) is 5.48. The van der Waals surface area contributed by atoms with E-state index in [0.29, 0.717) is 27.8 Å². The van der Waals surface area contributed by atoms with Crippen molar-refractivity contribution in [2.75, 3.05) is 19.5 Å². The van der Waals surface area contributed by atoms with E-state index in [-0.39, 0.29) is 5.91 Å². The number of rotatable bonds is 4. The topological polar surface area (TPSA) is 73.3 Å². The van der Waals surface area contributed by atoms with Gasteiger partial charge in [0.1, 0.15) is 16.4 Å². The lowest BCUT2D eigenvalue weighted by molar-refractivity contribution is 0.102. The minimum absolute atomic E-state index is 0.254. The van der Waals surface area contributed by atoms with Gasteiger partial charge in [0, 0.05) is 6.07 Å². The van der Waals surface area contributed by atoms with Gasteiger partial charge in [0.05, 0.1) is 25.6 Å². The van der Waals surface area contributed by atoms with E-state index in [1.807, 2.05) is 0 Å². The number of hydrogen-bond donors (Lipinski definition) is 1. The van der Waals surface area contributed by atoms with Gasteiger partial charge in [-0.05, 0) is 30.6 Å². The maximum Gasteiger partial charge on any atom is 0.269 e. The number of carbonyl (C=O) groups is 1. The van der Waals surface area contributed by atoms with Crippen LogP contribution in [0.3, 0.4) is 0 Å². The van der Waals surface area contributed by atoms with Crippen molar-refractivity contribution >= 4 is 23.1 Å². The number of hydrogen-bond acceptors (Lipinski definition) is 6. The summed E-state index contributed by atoms with van der Waals surface area (Å²) < 4.78 is 14.0. The molecule has 0 spiro atoms. The Bertz CT molecular complexity index is 598. The summed E-state index contributed by atoms with van der Waals surface area (Å²) in [6.07, 6.45) is 0. The van der Waals surface area contributed by atoms with Crippen molar-refractivity contribution in [3.8, 4) is 11.5 Å². The average Bonchev–Trinajstić information content (AvgIpc) is 2.85. The fourth-order valence-corrected chi connectivity index (χ4v) is 2.07. The van der Waals surface area contributed by atoms with Gasteiger partial charge in [0.2, 0.25) is 0 Å². The van der Waals surface area contributed by atoms with Gasteiger partial charge in [0.15, 0.2) is 0 Å². The molecule has 0 aliphatic carbocycles. The molecule has 0 fully saturated rings. The van der Waals surface area contributed by atoms with Gasteiger partial charge < -0.3 is 14.8 Å². The minimum Gasteiger partial charge on any atom is -0.497 e. The second kappa shape index (κ2) is 5.66. The Hall–Kier alpha value is -2.15. The molecule has 6 nitrogen and oxygen atoms in total. The van der Waals surface area contributed by atoms with E-state index in [9.17, 15) is 4.79 Å². The van der Waals surface area contributed by atoms with Gasteiger partial charge in [-0.3, -0.25) is 4.79 Å². The molecule has 0 saturated carbocycles. The lowest BCUT2D eigenvalue weighted by Gasteiger charge is -2.10. The van der Waals surface area contributed by atoms with Crippen molar-refractivity contribution in [2.45, 2.75) is 6.92 Å². The van der Waals surface area contributed by atoms with E-state index in [2.05, 4.69) is 14.9 Å². The zero-order valence-electron chi connectivity index (χ0n) is 10.8. The molecule has 2 rings (SSSR count). The maximum atomic E-state index is 12.1. The standard InChI is InChI=1S/C12H13N3O3S/c1-7-11(19-15-14-7)12(16)13-9-5-4-8(17-2)6-10(9)18-3/h4-6H,1-3H3,(H,13,16). The number of ether oxygens (including phenoxy) is 2. The van der Waals surface area contributed by atoms with Gasteiger partial charge in [-0.15, -0.1) is 5.10 Å². The Balaban J connectivity index is 2.24. The Morgan fingerprint density at radius 3 is 2.68 bits per heavy atom. The van der Waals surface area contributed by atoms with Gasteiger partial charge in [-0.2, -0.15) is 0 Å². The van der Waals surface area contributed by atoms with Crippen LogP contribution in [0.5, 0.6) is 11.5 Å². The Morgan fingerprint density at radius 1 is 1.32 bits per heavy atom. The summed E-state index contributed by atoms with van der Waals surface area (Å²) in [7, 11) is 3.10. The molecular formula is C12H13N3O3S. The number of nitrogens with one attached hydrogen (secondary N) is 1. The highest BCUT2D eigenvalue weighted by molar-refractivity contribution is 7.08. The molecule has 1 aromatic heterocycles. The summed E-state index contributed by atoms with van der Waals surface area (Å²) in [5.74, 6) is 0.935. The molecule has 19 heavy (non-hydrogen) atoms. The second-order valence-corrected chi connectivity index (χ2v) is 4.46. The smallest absolute Gasteiger partial charge is 0.269 e. The first kappa shape index (κ1) is 13.3. The number of benzene rings is 1. The Kier molecular flexibility index (Phi) is 3.96. The van der Waals surface area contributed by atoms with E-state index in [0.717, 1.165) is 11.5 Å². The largest absolute Gasteiger partial charge is 0.497 e. The lowest BCUT2D eigenvalue weighted by atomic mass is 10.2. The van der Waals surface area contributed by atoms with E-state index in [1.165, 1.54) is 7.11 Å². The number of methoxy groups -OCH3 is 2.